The van der Waals surface area contributed by atoms with Gasteiger partial charge in [0.05, 0.1) is 7.11 Å². The van der Waals surface area contributed by atoms with Crippen LogP contribution in [0, 0.1) is 5.92 Å². The van der Waals surface area contributed by atoms with Crippen molar-refractivity contribution in [1.29, 1.82) is 0 Å². The number of hydrogen-bond acceptors (Lipinski definition) is 4. The smallest absolute Gasteiger partial charge is 0.119 e. The number of piperidine rings is 1. The lowest BCUT2D eigenvalue weighted by Gasteiger charge is -2.31. The van der Waals surface area contributed by atoms with Crippen LogP contribution in [0.1, 0.15) is 19.8 Å². The molecule has 1 aromatic rings. The molecule has 0 spiro atoms. The van der Waals surface area contributed by atoms with Gasteiger partial charge in [0, 0.05) is 6.54 Å². The van der Waals surface area contributed by atoms with Crippen molar-refractivity contribution in [3.05, 3.63) is 24.3 Å². The molecule has 1 unspecified atom stereocenters. The van der Waals surface area contributed by atoms with E-state index < -0.39 is 6.10 Å². The second kappa shape index (κ2) is 9.13. The van der Waals surface area contributed by atoms with Gasteiger partial charge >= 0.3 is 0 Å². The molecule has 0 aromatic heterocycles. The van der Waals surface area contributed by atoms with E-state index in [9.17, 15) is 5.11 Å². The van der Waals surface area contributed by atoms with E-state index in [0.29, 0.717) is 13.2 Å². The average molecular weight is 316 g/mol. The average Bonchev–Trinajstić information content (AvgIpc) is 2.48. The van der Waals surface area contributed by atoms with Gasteiger partial charge in [0.25, 0.3) is 0 Å². The molecule has 0 aliphatic carbocycles. The highest BCUT2D eigenvalue weighted by Crippen LogP contribution is 2.18. The lowest BCUT2D eigenvalue weighted by molar-refractivity contribution is 0.0563. The van der Waals surface area contributed by atoms with Crippen molar-refractivity contribution in [2.24, 2.45) is 5.92 Å². The molecule has 1 aliphatic rings. The van der Waals surface area contributed by atoms with E-state index in [1.807, 2.05) is 24.3 Å². The number of nitrogens with zero attached hydrogens (tertiary/aromatic N) is 1. The van der Waals surface area contributed by atoms with Crippen LogP contribution < -0.4 is 9.47 Å². The Morgan fingerprint density at radius 1 is 1.19 bits per heavy atom. The number of aliphatic hydroxyl groups is 1. The fourth-order valence-corrected chi connectivity index (χ4v) is 2.46. The molecule has 1 aromatic carbocycles. The Balaban J connectivity index is 0.00000220. The predicted molar refractivity (Wildman–Crippen MR) is 86.6 cm³/mol. The summed E-state index contributed by atoms with van der Waals surface area (Å²) in [5.74, 6) is 2.39. The Kier molecular flexibility index (Phi) is 7.86. The van der Waals surface area contributed by atoms with Gasteiger partial charge in [-0.2, -0.15) is 0 Å². The summed E-state index contributed by atoms with van der Waals surface area (Å²) in [6.45, 7) is 5.49. The monoisotopic (exact) mass is 315 g/mol. The summed E-state index contributed by atoms with van der Waals surface area (Å²) in [4.78, 5) is 2.32. The van der Waals surface area contributed by atoms with Crippen LogP contribution in [-0.2, 0) is 0 Å². The van der Waals surface area contributed by atoms with Crippen molar-refractivity contribution in [2.45, 2.75) is 25.9 Å². The second-order valence-electron chi connectivity index (χ2n) is 5.62. The number of hydrogen-bond donors (Lipinski definition) is 1. The maximum atomic E-state index is 10.0. The first kappa shape index (κ1) is 18.1. The van der Waals surface area contributed by atoms with Crippen LogP contribution in [0.2, 0.25) is 0 Å². The molecule has 1 saturated heterocycles. The summed E-state index contributed by atoms with van der Waals surface area (Å²) >= 11 is 0. The van der Waals surface area contributed by atoms with Crippen LogP contribution in [0.25, 0.3) is 0 Å². The van der Waals surface area contributed by atoms with Gasteiger partial charge in [-0.1, -0.05) is 6.92 Å². The maximum Gasteiger partial charge on any atom is 0.119 e. The number of ether oxygens (including phenoxy) is 2. The van der Waals surface area contributed by atoms with Crippen LogP contribution >= 0.6 is 12.4 Å². The zero-order valence-electron chi connectivity index (χ0n) is 12.8. The summed E-state index contributed by atoms with van der Waals surface area (Å²) < 4.78 is 10.7. The largest absolute Gasteiger partial charge is 0.497 e. The van der Waals surface area contributed by atoms with Gasteiger partial charge in [0.15, 0.2) is 0 Å². The number of aliphatic hydroxyl groups excluding tert-OH is 1. The summed E-state index contributed by atoms with van der Waals surface area (Å²) in [7, 11) is 1.64. The molecule has 1 fully saturated rings. The molecule has 1 aliphatic heterocycles. The molecule has 120 valence electrons. The first-order valence-electron chi connectivity index (χ1n) is 7.34. The third-order valence-corrected chi connectivity index (χ3v) is 3.85. The minimum absolute atomic E-state index is 0. The molecular weight excluding hydrogens is 290 g/mol. The van der Waals surface area contributed by atoms with Gasteiger partial charge in [0.2, 0.25) is 0 Å². The maximum absolute atomic E-state index is 10.0. The summed E-state index contributed by atoms with van der Waals surface area (Å²) in [5.41, 5.74) is 0. The fourth-order valence-electron chi connectivity index (χ4n) is 2.46. The van der Waals surface area contributed by atoms with Gasteiger partial charge in [-0.05, 0) is 56.1 Å². The number of benzene rings is 1. The van der Waals surface area contributed by atoms with Crippen LogP contribution in [0.3, 0.4) is 0 Å². The number of β-amino-alcohol motifs (C(OH)–C–C–N with tert-alkyl or cyclic N) is 1. The third-order valence-electron chi connectivity index (χ3n) is 3.85. The van der Waals surface area contributed by atoms with E-state index in [-0.39, 0.29) is 12.4 Å². The normalized spacial score (nSPS) is 17.9. The molecule has 1 N–H and O–H groups in total. The molecule has 0 amide bonds. The highest BCUT2D eigenvalue weighted by atomic mass is 35.5. The Bertz CT molecular complexity index is 391. The van der Waals surface area contributed by atoms with Crippen molar-refractivity contribution < 1.29 is 14.6 Å². The van der Waals surface area contributed by atoms with Gasteiger partial charge in [-0.3, -0.25) is 0 Å². The van der Waals surface area contributed by atoms with Crippen molar-refractivity contribution >= 4 is 12.4 Å². The van der Waals surface area contributed by atoms with Gasteiger partial charge in [-0.25, -0.2) is 0 Å². The fraction of sp³-hybridized carbons (Fsp3) is 0.625. The number of rotatable bonds is 6. The molecule has 0 radical (unpaired) electrons. The highest BCUT2D eigenvalue weighted by molar-refractivity contribution is 5.85. The van der Waals surface area contributed by atoms with Gasteiger partial charge in [-0.15, -0.1) is 12.4 Å². The van der Waals surface area contributed by atoms with E-state index >= 15 is 0 Å². The van der Waals surface area contributed by atoms with Gasteiger partial charge in [0.1, 0.15) is 24.2 Å². The van der Waals surface area contributed by atoms with E-state index in [1.54, 1.807) is 7.11 Å². The number of methoxy groups -OCH3 is 1. The molecular formula is C16H26ClNO3. The molecule has 5 heteroatoms. The molecule has 0 saturated carbocycles. The lowest BCUT2D eigenvalue weighted by Crippen LogP contribution is -2.40. The Morgan fingerprint density at radius 2 is 1.76 bits per heavy atom. The van der Waals surface area contributed by atoms with Gasteiger partial charge < -0.3 is 19.5 Å². The topological polar surface area (TPSA) is 41.9 Å². The second-order valence-corrected chi connectivity index (χ2v) is 5.62. The quantitative estimate of drug-likeness (QED) is 0.876. The van der Waals surface area contributed by atoms with E-state index in [2.05, 4.69) is 11.8 Å². The molecule has 1 atom stereocenters. The highest BCUT2D eigenvalue weighted by Gasteiger charge is 2.18. The summed E-state index contributed by atoms with van der Waals surface area (Å²) in [6.07, 6.45) is 2.02. The first-order valence-corrected chi connectivity index (χ1v) is 7.34. The molecule has 2 rings (SSSR count). The van der Waals surface area contributed by atoms with Crippen LogP contribution in [-0.4, -0.2) is 49.5 Å². The van der Waals surface area contributed by atoms with E-state index in [0.717, 1.165) is 30.5 Å². The van der Waals surface area contributed by atoms with Crippen LogP contribution in [0.4, 0.5) is 0 Å². The molecule has 21 heavy (non-hydrogen) atoms. The first-order chi connectivity index (χ1) is 9.67. The summed E-state index contributed by atoms with van der Waals surface area (Å²) in [6, 6.07) is 7.42. The van der Waals surface area contributed by atoms with Crippen molar-refractivity contribution in [3.8, 4) is 11.5 Å². The summed E-state index contributed by atoms with van der Waals surface area (Å²) in [5, 5.41) is 10.0. The Hall–Kier alpha value is -0.970. The number of likely N-dealkylation sites (tertiary alicyclic amines) is 1. The number of halogens is 1. The van der Waals surface area contributed by atoms with Crippen molar-refractivity contribution in [2.75, 3.05) is 33.4 Å². The predicted octanol–water partition coefficient (Wildman–Crippen LogP) is 2.59. The van der Waals surface area contributed by atoms with Crippen molar-refractivity contribution in [1.82, 2.24) is 4.90 Å². The SMILES string of the molecule is COc1ccc(OCC(O)CN2CCC(C)CC2)cc1.Cl. The third kappa shape index (κ3) is 6.12. The van der Waals surface area contributed by atoms with Crippen LogP contribution in [0.15, 0.2) is 24.3 Å². The van der Waals surface area contributed by atoms with Crippen molar-refractivity contribution in [3.63, 3.8) is 0 Å². The molecule has 0 bridgehead atoms. The molecule has 1 heterocycles. The zero-order chi connectivity index (χ0) is 14.4. The molecule has 4 nitrogen and oxygen atoms in total. The lowest BCUT2D eigenvalue weighted by atomic mass is 9.99. The Morgan fingerprint density at radius 3 is 2.33 bits per heavy atom. The minimum Gasteiger partial charge on any atom is -0.497 e. The van der Waals surface area contributed by atoms with E-state index in [1.165, 1.54) is 12.8 Å². The zero-order valence-corrected chi connectivity index (χ0v) is 13.6. The Labute approximate surface area is 133 Å². The minimum atomic E-state index is -0.439. The van der Waals surface area contributed by atoms with E-state index in [4.69, 9.17) is 9.47 Å². The standard InChI is InChI=1S/C16H25NO3.ClH/c1-13-7-9-17(10-8-13)11-14(18)12-20-16-5-3-15(19-2)4-6-16;/h3-6,13-14,18H,7-12H2,1-2H3;1H. The van der Waals surface area contributed by atoms with Crippen LogP contribution in [0.5, 0.6) is 11.5 Å².